The number of hydrogen-bond acceptors (Lipinski definition) is 4. The molecule has 27 heavy (non-hydrogen) atoms. The molecule has 2 rings (SSSR count). The lowest BCUT2D eigenvalue weighted by atomic mass is 10.1. The van der Waals surface area contributed by atoms with Gasteiger partial charge in [0.05, 0.1) is 16.8 Å². The van der Waals surface area contributed by atoms with Gasteiger partial charge in [-0.05, 0) is 30.7 Å². The Bertz CT molecular complexity index is 778. The summed E-state index contributed by atoms with van der Waals surface area (Å²) in [5, 5.41) is 6.10. The first-order valence-corrected chi connectivity index (χ1v) is 9.84. The Labute approximate surface area is 164 Å². The standard InChI is InChI=1S/C21H26N2O3S/c1-15(2)27-19-12-7-5-10-17(19)21(25)23-18-11-6-4-9-16(18)20(24)22-13-8-14-26-3/h4-7,9-12,15H,8,13-14H2,1-3H3,(H,22,24)(H,23,25). The second kappa shape index (κ2) is 10.7. The van der Waals surface area contributed by atoms with Gasteiger partial charge < -0.3 is 15.4 Å². The summed E-state index contributed by atoms with van der Waals surface area (Å²) in [5.74, 6) is -0.440. The zero-order valence-electron chi connectivity index (χ0n) is 16.0. The molecule has 5 nitrogen and oxygen atoms in total. The summed E-state index contributed by atoms with van der Waals surface area (Å²) in [4.78, 5) is 26.2. The van der Waals surface area contributed by atoms with Gasteiger partial charge in [0.2, 0.25) is 0 Å². The predicted molar refractivity (Wildman–Crippen MR) is 111 cm³/mol. The number of carbonyl (C=O) groups is 2. The minimum atomic E-state index is -0.224. The smallest absolute Gasteiger partial charge is 0.256 e. The van der Waals surface area contributed by atoms with Crippen molar-refractivity contribution in [1.82, 2.24) is 5.32 Å². The van der Waals surface area contributed by atoms with Gasteiger partial charge in [0.15, 0.2) is 0 Å². The van der Waals surface area contributed by atoms with Crippen LogP contribution < -0.4 is 10.6 Å². The fraction of sp³-hybridized carbons (Fsp3) is 0.333. The Morgan fingerprint density at radius 2 is 1.67 bits per heavy atom. The third-order valence-electron chi connectivity index (χ3n) is 3.73. The van der Waals surface area contributed by atoms with E-state index in [-0.39, 0.29) is 11.8 Å². The highest BCUT2D eigenvalue weighted by Crippen LogP contribution is 2.27. The molecule has 0 aliphatic heterocycles. The van der Waals surface area contributed by atoms with Crippen molar-refractivity contribution in [3.63, 3.8) is 0 Å². The van der Waals surface area contributed by atoms with Gasteiger partial charge in [-0.3, -0.25) is 9.59 Å². The molecule has 0 saturated heterocycles. The molecule has 0 unspecified atom stereocenters. The Kier molecular flexibility index (Phi) is 8.36. The van der Waals surface area contributed by atoms with Gasteiger partial charge in [-0.15, -0.1) is 11.8 Å². The number of rotatable bonds is 9. The minimum Gasteiger partial charge on any atom is -0.385 e. The van der Waals surface area contributed by atoms with Gasteiger partial charge >= 0.3 is 0 Å². The average molecular weight is 387 g/mol. The lowest BCUT2D eigenvalue weighted by Crippen LogP contribution is -2.26. The zero-order chi connectivity index (χ0) is 19.6. The van der Waals surface area contributed by atoms with Crippen molar-refractivity contribution in [3.8, 4) is 0 Å². The fourth-order valence-electron chi connectivity index (χ4n) is 2.50. The Morgan fingerprint density at radius 3 is 2.37 bits per heavy atom. The van der Waals surface area contributed by atoms with Crippen LogP contribution >= 0.6 is 11.8 Å². The van der Waals surface area contributed by atoms with Gasteiger partial charge in [-0.25, -0.2) is 0 Å². The lowest BCUT2D eigenvalue weighted by Gasteiger charge is -2.14. The van der Waals surface area contributed by atoms with Gasteiger partial charge in [0, 0.05) is 30.4 Å². The van der Waals surface area contributed by atoms with Crippen molar-refractivity contribution < 1.29 is 14.3 Å². The molecule has 0 saturated carbocycles. The summed E-state index contributed by atoms with van der Waals surface area (Å²) in [6.07, 6.45) is 0.733. The maximum Gasteiger partial charge on any atom is 0.256 e. The van der Waals surface area contributed by atoms with Gasteiger partial charge in [-0.1, -0.05) is 38.1 Å². The third-order valence-corrected chi connectivity index (χ3v) is 4.81. The van der Waals surface area contributed by atoms with Crippen LogP contribution in [0.1, 0.15) is 41.0 Å². The molecule has 6 heteroatoms. The van der Waals surface area contributed by atoms with Crippen LogP contribution in [0, 0.1) is 0 Å². The molecule has 0 radical (unpaired) electrons. The molecule has 0 aromatic heterocycles. The quantitative estimate of drug-likeness (QED) is 0.500. The summed E-state index contributed by atoms with van der Waals surface area (Å²) < 4.78 is 4.98. The molecule has 0 heterocycles. The van der Waals surface area contributed by atoms with Crippen LogP contribution in [0.3, 0.4) is 0 Å². The monoisotopic (exact) mass is 386 g/mol. The van der Waals surface area contributed by atoms with Gasteiger partial charge in [0.25, 0.3) is 11.8 Å². The first kappa shape index (κ1) is 21.0. The van der Waals surface area contributed by atoms with E-state index in [1.165, 1.54) is 0 Å². The SMILES string of the molecule is COCCCNC(=O)c1ccccc1NC(=O)c1ccccc1SC(C)C. The maximum absolute atomic E-state index is 12.8. The molecule has 0 aliphatic rings. The second-order valence-corrected chi connectivity index (χ2v) is 7.88. The number of carbonyl (C=O) groups excluding carboxylic acids is 2. The summed E-state index contributed by atoms with van der Waals surface area (Å²) >= 11 is 1.64. The third kappa shape index (κ3) is 6.41. The van der Waals surface area contributed by atoms with Crippen LogP contribution in [0.4, 0.5) is 5.69 Å². The van der Waals surface area contributed by atoms with Crippen molar-refractivity contribution in [2.75, 3.05) is 25.6 Å². The number of hydrogen-bond donors (Lipinski definition) is 2. The fourth-order valence-corrected chi connectivity index (χ4v) is 3.46. The highest BCUT2D eigenvalue weighted by molar-refractivity contribution is 8.00. The molecule has 2 aromatic rings. The molecule has 2 aromatic carbocycles. The molecule has 0 bridgehead atoms. The topological polar surface area (TPSA) is 67.4 Å². The number of amides is 2. The van der Waals surface area contributed by atoms with E-state index in [2.05, 4.69) is 24.5 Å². The number of ether oxygens (including phenoxy) is 1. The zero-order valence-corrected chi connectivity index (χ0v) is 16.8. The Balaban J connectivity index is 2.14. The summed E-state index contributed by atoms with van der Waals surface area (Å²) in [7, 11) is 1.63. The molecule has 2 amide bonds. The molecule has 2 N–H and O–H groups in total. The highest BCUT2D eigenvalue weighted by atomic mass is 32.2. The van der Waals surface area contributed by atoms with E-state index >= 15 is 0 Å². The molecule has 0 aliphatic carbocycles. The van der Waals surface area contributed by atoms with Crippen molar-refractivity contribution in [3.05, 3.63) is 59.7 Å². The van der Waals surface area contributed by atoms with Crippen LogP contribution in [0.25, 0.3) is 0 Å². The van der Waals surface area contributed by atoms with Crippen molar-refractivity contribution in [2.45, 2.75) is 30.4 Å². The predicted octanol–water partition coefficient (Wildman–Crippen LogP) is 4.21. The molecule has 0 spiro atoms. The van der Waals surface area contributed by atoms with E-state index in [1.807, 2.05) is 18.2 Å². The summed E-state index contributed by atoms with van der Waals surface area (Å²) in [6, 6.07) is 14.5. The van der Waals surface area contributed by atoms with E-state index < -0.39 is 0 Å². The number of methoxy groups -OCH3 is 1. The van der Waals surface area contributed by atoms with Crippen LogP contribution in [0.2, 0.25) is 0 Å². The first-order chi connectivity index (χ1) is 13.0. The lowest BCUT2D eigenvalue weighted by molar-refractivity contribution is 0.0949. The van der Waals surface area contributed by atoms with Crippen molar-refractivity contribution >= 4 is 29.3 Å². The van der Waals surface area contributed by atoms with Gasteiger partial charge in [-0.2, -0.15) is 0 Å². The molecular formula is C21H26N2O3S. The Hall–Kier alpha value is -2.31. The normalized spacial score (nSPS) is 10.7. The van der Waals surface area contributed by atoms with E-state index in [4.69, 9.17) is 4.74 Å². The number of anilines is 1. The van der Waals surface area contributed by atoms with E-state index in [0.29, 0.717) is 35.2 Å². The van der Waals surface area contributed by atoms with Crippen LogP contribution in [-0.4, -0.2) is 37.3 Å². The maximum atomic E-state index is 12.8. The highest BCUT2D eigenvalue weighted by Gasteiger charge is 2.16. The van der Waals surface area contributed by atoms with E-state index in [0.717, 1.165) is 11.3 Å². The molecule has 144 valence electrons. The summed E-state index contributed by atoms with van der Waals surface area (Å²) in [5.41, 5.74) is 1.54. The number of para-hydroxylation sites is 1. The van der Waals surface area contributed by atoms with Crippen molar-refractivity contribution in [1.29, 1.82) is 0 Å². The average Bonchev–Trinajstić information content (AvgIpc) is 2.65. The van der Waals surface area contributed by atoms with Crippen LogP contribution in [0.15, 0.2) is 53.4 Å². The number of thioether (sulfide) groups is 1. The number of nitrogens with one attached hydrogen (secondary N) is 2. The number of benzene rings is 2. The largest absolute Gasteiger partial charge is 0.385 e. The van der Waals surface area contributed by atoms with Crippen LogP contribution in [-0.2, 0) is 4.74 Å². The minimum absolute atomic E-state index is 0.216. The van der Waals surface area contributed by atoms with Crippen molar-refractivity contribution in [2.24, 2.45) is 0 Å². The van der Waals surface area contributed by atoms with E-state index in [9.17, 15) is 9.59 Å². The Morgan fingerprint density at radius 1 is 1.00 bits per heavy atom. The first-order valence-electron chi connectivity index (χ1n) is 8.96. The molecule has 0 fully saturated rings. The van der Waals surface area contributed by atoms with Gasteiger partial charge in [0.1, 0.15) is 0 Å². The van der Waals surface area contributed by atoms with E-state index in [1.54, 1.807) is 49.2 Å². The summed E-state index contributed by atoms with van der Waals surface area (Å²) in [6.45, 7) is 5.27. The molecule has 0 atom stereocenters. The second-order valence-electron chi connectivity index (χ2n) is 6.26. The van der Waals surface area contributed by atoms with Crippen LogP contribution in [0.5, 0.6) is 0 Å². The molecular weight excluding hydrogens is 360 g/mol.